The predicted octanol–water partition coefficient (Wildman–Crippen LogP) is 3.27. The third-order valence-electron chi connectivity index (χ3n) is 2.37. The SMILES string of the molecule is C=Cc1ccc(COCCCCOC)cc1. The van der Waals surface area contributed by atoms with Gasteiger partial charge in [-0.05, 0) is 24.0 Å². The van der Waals surface area contributed by atoms with Crippen LogP contribution < -0.4 is 0 Å². The molecule has 0 N–H and O–H groups in total. The fraction of sp³-hybridized carbons (Fsp3) is 0.429. The van der Waals surface area contributed by atoms with Crippen molar-refractivity contribution in [3.63, 3.8) is 0 Å². The molecule has 0 saturated heterocycles. The second kappa shape index (κ2) is 8.08. The van der Waals surface area contributed by atoms with Gasteiger partial charge >= 0.3 is 0 Å². The van der Waals surface area contributed by atoms with Gasteiger partial charge in [0, 0.05) is 20.3 Å². The third-order valence-corrected chi connectivity index (χ3v) is 2.37. The van der Waals surface area contributed by atoms with Crippen molar-refractivity contribution in [3.05, 3.63) is 42.0 Å². The molecule has 0 saturated carbocycles. The number of hydrogen-bond donors (Lipinski definition) is 0. The van der Waals surface area contributed by atoms with Crippen molar-refractivity contribution < 1.29 is 9.47 Å². The van der Waals surface area contributed by atoms with Gasteiger partial charge in [-0.2, -0.15) is 0 Å². The third kappa shape index (κ3) is 5.10. The lowest BCUT2D eigenvalue weighted by molar-refractivity contribution is 0.108. The van der Waals surface area contributed by atoms with Gasteiger partial charge in [0.25, 0.3) is 0 Å². The van der Waals surface area contributed by atoms with E-state index in [0.717, 1.165) is 31.6 Å². The van der Waals surface area contributed by atoms with Crippen molar-refractivity contribution in [3.8, 4) is 0 Å². The predicted molar refractivity (Wildman–Crippen MR) is 67.3 cm³/mol. The lowest BCUT2D eigenvalue weighted by Gasteiger charge is -2.04. The van der Waals surface area contributed by atoms with Gasteiger partial charge in [0.2, 0.25) is 0 Å². The van der Waals surface area contributed by atoms with Crippen LogP contribution in [0.1, 0.15) is 24.0 Å². The van der Waals surface area contributed by atoms with Gasteiger partial charge in [0.15, 0.2) is 0 Å². The zero-order valence-electron chi connectivity index (χ0n) is 9.95. The Kier molecular flexibility index (Phi) is 6.54. The summed E-state index contributed by atoms with van der Waals surface area (Å²) in [5.74, 6) is 0. The van der Waals surface area contributed by atoms with Crippen molar-refractivity contribution >= 4 is 6.08 Å². The molecule has 2 nitrogen and oxygen atoms in total. The van der Waals surface area contributed by atoms with Crippen LogP contribution in [0.15, 0.2) is 30.8 Å². The van der Waals surface area contributed by atoms with E-state index in [1.165, 1.54) is 5.56 Å². The highest BCUT2D eigenvalue weighted by Crippen LogP contribution is 2.06. The lowest BCUT2D eigenvalue weighted by atomic mass is 10.1. The van der Waals surface area contributed by atoms with Crippen molar-refractivity contribution in [1.82, 2.24) is 0 Å². The lowest BCUT2D eigenvalue weighted by Crippen LogP contribution is -1.97. The van der Waals surface area contributed by atoms with Crippen LogP contribution in [-0.2, 0) is 16.1 Å². The van der Waals surface area contributed by atoms with Gasteiger partial charge in [-0.3, -0.25) is 0 Å². The number of unbranched alkanes of at least 4 members (excludes halogenated alkanes) is 1. The highest BCUT2D eigenvalue weighted by atomic mass is 16.5. The average Bonchev–Trinajstić information content (AvgIpc) is 2.34. The van der Waals surface area contributed by atoms with Crippen molar-refractivity contribution in [1.29, 1.82) is 0 Å². The van der Waals surface area contributed by atoms with E-state index in [-0.39, 0.29) is 0 Å². The molecule has 0 radical (unpaired) electrons. The molecular weight excluding hydrogens is 200 g/mol. The highest BCUT2D eigenvalue weighted by molar-refractivity contribution is 5.47. The van der Waals surface area contributed by atoms with Crippen LogP contribution in [0.3, 0.4) is 0 Å². The van der Waals surface area contributed by atoms with Gasteiger partial charge in [0.1, 0.15) is 0 Å². The number of hydrogen-bond acceptors (Lipinski definition) is 2. The maximum atomic E-state index is 5.56. The summed E-state index contributed by atoms with van der Waals surface area (Å²) in [5.41, 5.74) is 2.35. The summed E-state index contributed by atoms with van der Waals surface area (Å²) in [4.78, 5) is 0. The molecule has 1 aromatic carbocycles. The Balaban J connectivity index is 2.14. The smallest absolute Gasteiger partial charge is 0.0716 e. The summed E-state index contributed by atoms with van der Waals surface area (Å²) in [6, 6.07) is 8.26. The van der Waals surface area contributed by atoms with Crippen LogP contribution >= 0.6 is 0 Å². The standard InChI is InChI=1S/C14H20O2/c1-3-13-6-8-14(9-7-13)12-16-11-5-4-10-15-2/h3,6-9H,1,4-5,10-12H2,2H3. The van der Waals surface area contributed by atoms with E-state index >= 15 is 0 Å². The molecule has 16 heavy (non-hydrogen) atoms. The van der Waals surface area contributed by atoms with Crippen LogP contribution in [-0.4, -0.2) is 20.3 Å². The molecule has 1 aromatic rings. The second-order valence-corrected chi connectivity index (χ2v) is 3.70. The van der Waals surface area contributed by atoms with E-state index in [9.17, 15) is 0 Å². The molecule has 0 spiro atoms. The first-order chi connectivity index (χ1) is 7.86. The molecule has 0 aromatic heterocycles. The second-order valence-electron chi connectivity index (χ2n) is 3.70. The number of benzene rings is 1. The van der Waals surface area contributed by atoms with Crippen LogP contribution in [0, 0.1) is 0 Å². The maximum Gasteiger partial charge on any atom is 0.0716 e. The molecule has 0 heterocycles. The molecule has 0 amide bonds. The van der Waals surface area contributed by atoms with Crippen molar-refractivity contribution in [2.24, 2.45) is 0 Å². The molecule has 0 aliphatic rings. The summed E-state index contributed by atoms with van der Waals surface area (Å²) < 4.78 is 10.5. The van der Waals surface area contributed by atoms with Gasteiger partial charge < -0.3 is 9.47 Å². The molecule has 88 valence electrons. The Labute approximate surface area is 97.9 Å². The summed E-state index contributed by atoms with van der Waals surface area (Å²) >= 11 is 0. The molecule has 0 bridgehead atoms. The van der Waals surface area contributed by atoms with Gasteiger partial charge in [-0.25, -0.2) is 0 Å². The van der Waals surface area contributed by atoms with E-state index in [4.69, 9.17) is 9.47 Å². The molecule has 0 aliphatic carbocycles. The van der Waals surface area contributed by atoms with E-state index in [2.05, 4.69) is 30.8 Å². The fourth-order valence-electron chi connectivity index (χ4n) is 1.39. The summed E-state index contributed by atoms with van der Waals surface area (Å²) in [7, 11) is 1.72. The number of rotatable bonds is 8. The Morgan fingerprint density at radius 1 is 1.12 bits per heavy atom. The largest absolute Gasteiger partial charge is 0.385 e. The van der Waals surface area contributed by atoms with Crippen LogP contribution in [0.5, 0.6) is 0 Å². The van der Waals surface area contributed by atoms with Gasteiger partial charge in [0.05, 0.1) is 6.61 Å². The Morgan fingerprint density at radius 2 is 1.81 bits per heavy atom. The normalized spacial score (nSPS) is 10.3. The monoisotopic (exact) mass is 220 g/mol. The minimum atomic E-state index is 0.685. The van der Waals surface area contributed by atoms with Gasteiger partial charge in [-0.1, -0.05) is 36.9 Å². The molecule has 2 heteroatoms. The van der Waals surface area contributed by atoms with Crippen molar-refractivity contribution in [2.45, 2.75) is 19.4 Å². The van der Waals surface area contributed by atoms with Crippen LogP contribution in [0.2, 0.25) is 0 Å². The van der Waals surface area contributed by atoms with E-state index < -0.39 is 0 Å². The average molecular weight is 220 g/mol. The summed E-state index contributed by atoms with van der Waals surface area (Å²) in [5, 5.41) is 0. The zero-order valence-corrected chi connectivity index (χ0v) is 9.95. The summed E-state index contributed by atoms with van der Waals surface area (Å²) in [6.45, 7) is 6.02. The minimum Gasteiger partial charge on any atom is -0.385 e. The first kappa shape index (κ1) is 12.9. The zero-order chi connectivity index (χ0) is 11.6. The van der Waals surface area contributed by atoms with E-state index in [1.54, 1.807) is 7.11 Å². The molecule has 0 fully saturated rings. The number of ether oxygens (including phenoxy) is 2. The molecule has 0 atom stereocenters. The Hall–Kier alpha value is -1.12. The highest BCUT2D eigenvalue weighted by Gasteiger charge is 1.93. The van der Waals surface area contributed by atoms with Crippen LogP contribution in [0.25, 0.3) is 6.08 Å². The minimum absolute atomic E-state index is 0.685. The Morgan fingerprint density at radius 3 is 2.44 bits per heavy atom. The molecule has 0 unspecified atom stereocenters. The topological polar surface area (TPSA) is 18.5 Å². The van der Waals surface area contributed by atoms with Crippen LogP contribution in [0.4, 0.5) is 0 Å². The molecule has 0 aliphatic heterocycles. The van der Waals surface area contributed by atoms with E-state index in [0.29, 0.717) is 6.61 Å². The molecular formula is C14H20O2. The first-order valence-electron chi connectivity index (χ1n) is 5.65. The fourth-order valence-corrected chi connectivity index (χ4v) is 1.39. The van der Waals surface area contributed by atoms with E-state index in [1.807, 2.05) is 6.08 Å². The van der Waals surface area contributed by atoms with Crippen molar-refractivity contribution in [2.75, 3.05) is 20.3 Å². The van der Waals surface area contributed by atoms with Gasteiger partial charge in [-0.15, -0.1) is 0 Å². The number of methoxy groups -OCH3 is 1. The Bertz CT molecular complexity index is 290. The first-order valence-corrected chi connectivity index (χ1v) is 5.65. The molecule has 1 rings (SSSR count). The quantitative estimate of drug-likeness (QED) is 0.626. The summed E-state index contributed by atoms with van der Waals surface area (Å²) in [6.07, 6.45) is 3.96. The maximum absolute atomic E-state index is 5.56.